The number of halogens is 5. The summed E-state index contributed by atoms with van der Waals surface area (Å²) in [5.74, 6) is -7.79. The number of amides is 1. The Balaban J connectivity index is 2.80. The third-order valence-electron chi connectivity index (χ3n) is 2.12. The van der Waals surface area contributed by atoms with Crippen LogP contribution in [-0.2, 0) is 9.53 Å². The van der Waals surface area contributed by atoms with Gasteiger partial charge in [0.15, 0.2) is 6.10 Å². The van der Waals surface area contributed by atoms with E-state index >= 15 is 0 Å². The first kappa shape index (κ1) is 13.6. The van der Waals surface area contributed by atoms with Gasteiger partial charge in [0.05, 0.1) is 19.2 Å². The lowest BCUT2D eigenvalue weighted by molar-refractivity contribution is -0.275. The number of hydrogen-bond acceptors (Lipinski definition) is 3. The van der Waals surface area contributed by atoms with Crippen LogP contribution in [0, 0.1) is 11.3 Å². The lowest BCUT2D eigenvalue weighted by atomic mass is 10.2. The summed E-state index contributed by atoms with van der Waals surface area (Å²) in [5, 5.41) is 8.43. The zero-order chi connectivity index (χ0) is 13.3. The van der Waals surface area contributed by atoms with Crippen LogP contribution in [0.15, 0.2) is 0 Å². The second-order valence-corrected chi connectivity index (χ2v) is 3.31. The number of carbonyl (C=O) groups excluding carboxylic acids is 1. The molecule has 1 amide bonds. The summed E-state index contributed by atoms with van der Waals surface area (Å²) in [6, 6.07) is 1.54. The Kier molecular flexibility index (Phi) is 3.56. The summed E-state index contributed by atoms with van der Waals surface area (Å²) in [7, 11) is 0. The summed E-state index contributed by atoms with van der Waals surface area (Å²) in [6.07, 6.45) is -7.12. The maximum Gasteiger partial charge on any atom is 0.463 e. The fourth-order valence-electron chi connectivity index (χ4n) is 1.23. The van der Waals surface area contributed by atoms with Gasteiger partial charge < -0.3 is 9.64 Å². The van der Waals surface area contributed by atoms with E-state index in [0.29, 0.717) is 0 Å². The molecule has 0 aliphatic carbocycles. The zero-order valence-corrected chi connectivity index (χ0v) is 8.30. The predicted molar refractivity (Wildman–Crippen MR) is 42.9 cm³/mol. The molecule has 4 nitrogen and oxygen atoms in total. The Morgan fingerprint density at radius 3 is 2.41 bits per heavy atom. The van der Waals surface area contributed by atoms with Crippen molar-refractivity contribution in [3.05, 3.63) is 0 Å². The summed E-state index contributed by atoms with van der Waals surface area (Å²) in [5.41, 5.74) is 0. The number of alkyl halides is 5. The molecule has 1 aliphatic rings. The molecule has 0 spiro atoms. The Bertz CT molecular complexity index is 349. The van der Waals surface area contributed by atoms with Gasteiger partial charge in [0.25, 0.3) is 0 Å². The van der Waals surface area contributed by atoms with Gasteiger partial charge in [0, 0.05) is 6.54 Å². The summed E-state index contributed by atoms with van der Waals surface area (Å²) < 4.78 is 65.9. The van der Waals surface area contributed by atoms with E-state index in [1.54, 1.807) is 0 Å². The molecule has 1 atom stereocenters. The molecule has 0 aromatic carbocycles. The molecule has 1 heterocycles. The molecular weight excluding hydrogens is 251 g/mol. The van der Waals surface area contributed by atoms with E-state index in [4.69, 9.17) is 10.00 Å². The first-order chi connectivity index (χ1) is 7.70. The van der Waals surface area contributed by atoms with Gasteiger partial charge in [-0.15, -0.1) is 0 Å². The number of hydrogen-bond donors (Lipinski definition) is 0. The van der Waals surface area contributed by atoms with Crippen molar-refractivity contribution >= 4 is 5.91 Å². The Labute approximate surface area is 92.5 Å². The molecule has 1 saturated heterocycles. The lowest BCUT2D eigenvalue weighted by Gasteiger charge is -2.32. The topological polar surface area (TPSA) is 53.3 Å². The lowest BCUT2D eigenvalue weighted by Crippen LogP contribution is -2.56. The van der Waals surface area contributed by atoms with Gasteiger partial charge in [-0.3, -0.25) is 4.79 Å². The van der Waals surface area contributed by atoms with Crippen LogP contribution >= 0.6 is 0 Å². The van der Waals surface area contributed by atoms with E-state index in [2.05, 4.69) is 0 Å². The first-order valence-electron chi connectivity index (χ1n) is 4.45. The fourth-order valence-corrected chi connectivity index (χ4v) is 1.23. The normalized spacial score (nSPS) is 22.1. The van der Waals surface area contributed by atoms with E-state index in [9.17, 15) is 26.7 Å². The minimum atomic E-state index is -5.94. The monoisotopic (exact) mass is 258 g/mol. The highest BCUT2D eigenvalue weighted by molar-refractivity contribution is 5.84. The molecule has 1 aliphatic heterocycles. The predicted octanol–water partition coefficient (Wildman–Crippen LogP) is 0.935. The number of carbonyl (C=O) groups is 1. The minimum absolute atomic E-state index is 0.252. The second kappa shape index (κ2) is 4.44. The van der Waals surface area contributed by atoms with Crippen LogP contribution < -0.4 is 0 Å². The highest BCUT2D eigenvalue weighted by atomic mass is 19.4. The maximum atomic E-state index is 12.7. The molecule has 0 radical (unpaired) electrons. The third-order valence-corrected chi connectivity index (χ3v) is 2.12. The molecule has 9 heteroatoms. The van der Waals surface area contributed by atoms with E-state index in [0.717, 1.165) is 0 Å². The van der Waals surface area contributed by atoms with Crippen LogP contribution in [0.3, 0.4) is 0 Å². The van der Waals surface area contributed by atoms with Crippen LogP contribution in [0.4, 0.5) is 22.0 Å². The molecule has 1 rings (SSSR count). The minimum Gasteiger partial charge on any atom is -0.360 e. The van der Waals surface area contributed by atoms with Crippen LogP contribution in [0.1, 0.15) is 0 Å². The van der Waals surface area contributed by atoms with Crippen LogP contribution in [0.5, 0.6) is 0 Å². The maximum absolute atomic E-state index is 12.7. The molecule has 1 fully saturated rings. The number of rotatable bonds is 1. The summed E-state index contributed by atoms with van der Waals surface area (Å²) in [4.78, 5) is 11.3. The molecule has 0 aromatic rings. The average Bonchev–Trinajstić information content (AvgIpc) is 2.26. The number of nitrogens with zero attached hydrogens (tertiary/aromatic N) is 2. The summed E-state index contributed by atoms with van der Waals surface area (Å²) >= 11 is 0. The Morgan fingerprint density at radius 2 is 1.94 bits per heavy atom. The quantitative estimate of drug-likeness (QED) is 0.657. The smallest absolute Gasteiger partial charge is 0.360 e. The molecule has 96 valence electrons. The molecule has 0 bridgehead atoms. The number of morpholine rings is 1. The standard InChI is InChI=1S/C8H7F5N2O2/c9-7(10,8(11,12)13)6(16)15-1-2-17-5(3-14)4-15/h5H,1-2,4H2. The van der Waals surface area contributed by atoms with Gasteiger partial charge in [-0.2, -0.15) is 27.2 Å². The molecule has 0 N–H and O–H groups in total. The van der Waals surface area contributed by atoms with Gasteiger partial charge in [-0.05, 0) is 0 Å². The highest BCUT2D eigenvalue weighted by Gasteiger charge is 2.64. The van der Waals surface area contributed by atoms with Crippen molar-refractivity contribution in [2.75, 3.05) is 19.7 Å². The van der Waals surface area contributed by atoms with Crippen molar-refractivity contribution in [1.29, 1.82) is 5.26 Å². The highest BCUT2D eigenvalue weighted by Crippen LogP contribution is 2.37. The summed E-state index contributed by atoms with van der Waals surface area (Å²) in [6.45, 7) is -1.25. The van der Waals surface area contributed by atoms with Crippen molar-refractivity contribution in [2.24, 2.45) is 0 Å². The molecule has 0 aromatic heterocycles. The Hall–Kier alpha value is -1.43. The third kappa shape index (κ3) is 2.63. The second-order valence-electron chi connectivity index (χ2n) is 3.31. The van der Waals surface area contributed by atoms with E-state index in [1.165, 1.54) is 6.07 Å². The van der Waals surface area contributed by atoms with Gasteiger partial charge in [-0.1, -0.05) is 0 Å². The number of nitriles is 1. The van der Waals surface area contributed by atoms with Crippen LogP contribution in [0.25, 0.3) is 0 Å². The van der Waals surface area contributed by atoms with Crippen molar-refractivity contribution in [3.8, 4) is 6.07 Å². The van der Waals surface area contributed by atoms with Crippen molar-refractivity contribution in [3.63, 3.8) is 0 Å². The molecule has 1 unspecified atom stereocenters. The van der Waals surface area contributed by atoms with Gasteiger partial charge in [0.1, 0.15) is 0 Å². The first-order valence-corrected chi connectivity index (χ1v) is 4.45. The van der Waals surface area contributed by atoms with Gasteiger partial charge >= 0.3 is 18.0 Å². The molecule has 17 heavy (non-hydrogen) atoms. The fraction of sp³-hybridized carbons (Fsp3) is 0.750. The van der Waals surface area contributed by atoms with Crippen LogP contribution in [-0.4, -0.2) is 48.7 Å². The van der Waals surface area contributed by atoms with Crippen molar-refractivity contribution in [1.82, 2.24) is 4.90 Å². The zero-order valence-electron chi connectivity index (χ0n) is 8.30. The largest absolute Gasteiger partial charge is 0.463 e. The van der Waals surface area contributed by atoms with E-state index < -0.39 is 37.2 Å². The van der Waals surface area contributed by atoms with Crippen molar-refractivity contribution in [2.45, 2.75) is 18.2 Å². The average molecular weight is 258 g/mol. The molecular formula is C8H7F5N2O2. The Morgan fingerprint density at radius 1 is 1.35 bits per heavy atom. The van der Waals surface area contributed by atoms with Gasteiger partial charge in [-0.25, -0.2) is 0 Å². The number of ether oxygens (including phenoxy) is 1. The van der Waals surface area contributed by atoms with Gasteiger partial charge in [0.2, 0.25) is 0 Å². The SMILES string of the molecule is N#CC1CN(C(=O)C(F)(F)C(F)(F)F)CCO1. The van der Waals surface area contributed by atoms with E-state index in [-0.39, 0.29) is 11.5 Å². The molecule has 0 saturated carbocycles. The van der Waals surface area contributed by atoms with E-state index in [1.807, 2.05) is 0 Å². The van der Waals surface area contributed by atoms with Crippen LogP contribution in [0.2, 0.25) is 0 Å². The van der Waals surface area contributed by atoms with Crippen molar-refractivity contribution < 1.29 is 31.5 Å².